The summed E-state index contributed by atoms with van der Waals surface area (Å²) in [4.78, 5) is 29.3. The van der Waals surface area contributed by atoms with Crippen LogP contribution in [0.5, 0.6) is 0 Å². The van der Waals surface area contributed by atoms with E-state index in [1.807, 2.05) is 82.3 Å². The van der Waals surface area contributed by atoms with E-state index in [4.69, 9.17) is 0 Å². The molecular weight excluding hydrogens is 522 g/mol. The molecule has 0 saturated heterocycles. The topological polar surface area (TPSA) is 86.8 Å². The van der Waals surface area contributed by atoms with Gasteiger partial charge in [0, 0.05) is 38.5 Å². The molecule has 3 aromatic rings. The van der Waals surface area contributed by atoms with Crippen LogP contribution in [0.4, 0.5) is 0 Å². The second-order valence-corrected chi connectivity index (χ2v) is 13.2. The van der Waals surface area contributed by atoms with Crippen LogP contribution in [-0.2, 0) is 32.6 Å². The van der Waals surface area contributed by atoms with Crippen molar-refractivity contribution in [3.8, 4) is 0 Å². The molecule has 1 atom stereocenters. The Bertz CT molecular complexity index is 1370. The minimum absolute atomic E-state index is 0.106. The van der Waals surface area contributed by atoms with E-state index in [1.165, 1.54) is 11.4 Å². The van der Waals surface area contributed by atoms with Crippen LogP contribution < -0.4 is 5.32 Å². The van der Waals surface area contributed by atoms with Crippen molar-refractivity contribution >= 4 is 21.8 Å². The lowest BCUT2D eigenvalue weighted by atomic mass is 10.00. The Morgan fingerprint density at radius 3 is 2.08 bits per heavy atom. The molecule has 1 unspecified atom stereocenters. The summed E-state index contributed by atoms with van der Waals surface area (Å²) < 4.78 is 27.1. The molecule has 3 rings (SSSR count). The van der Waals surface area contributed by atoms with Crippen LogP contribution in [0, 0.1) is 6.92 Å². The van der Waals surface area contributed by atoms with E-state index in [-0.39, 0.29) is 36.2 Å². The maximum Gasteiger partial charge on any atom is 0.243 e. The summed E-state index contributed by atoms with van der Waals surface area (Å²) in [5, 5.41) is 3.06. The zero-order valence-electron chi connectivity index (χ0n) is 24.1. The molecular formula is C32H41N3O4S. The number of nitrogens with one attached hydrogen (secondary N) is 1. The van der Waals surface area contributed by atoms with Gasteiger partial charge < -0.3 is 10.2 Å². The lowest BCUT2D eigenvalue weighted by Crippen LogP contribution is -2.54. The number of hydrogen-bond acceptors (Lipinski definition) is 4. The maximum absolute atomic E-state index is 13.8. The number of nitrogens with zero attached hydrogens (tertiary/aromatic N) is 2. The standard InChI is InChI=1S/C32H41N3O4S/c1-25-14-12-17-27(22-25)24-35(29(31(37)33-32(2,3)4)23-26-15-8-6-9-16-26)30(36)20-13-21-34(5)40(38,39)28-18-10-7-11-19-28/h6-12,14-19,22,29H,13,20-21,23-24H2,1-5H3,(H,33,37). The van der Waals surface area contributed by atoms with Gasteiger partial charge in [-0.25, -0.2) is 12.7 Å². The third-order valence-electron chi connectivity index (χ3n) is 6.52. The highest BCUT2D eigenvalue weighted by atomic mass is 32.2. The smallest absolute Gasteiger partial charge is 0.243 e. The van der Waals surface area contributed by atoms with Crippen molar-refractivity contribution in [2.75, 3.05) is 13.6 Å². The van der Waals surface area contributed by atoms with E-state index in [0.717, 1.165) is 16.7 Å². The molecule has 1 N–H and O–H groups in total. The molecule has 2 amide bonds. The highest BCUT2D eigenvalue weighted by Crippen LogP contribution is 2.19. The van der Waals surface area contributed by atoms with Crippen molar-refractivity contribution in [3.05, 3.63) is 102 Å². The summed E-state index contributed by atoms with van der Waals surface area (Å²) >= 11 is 0. The predicted molar refractivity (Wildman–Crippen MR) is 159 cm³/mol. The maximum atomic E-state index is 13.8. The van der Waals surface area contributed by atoms with Gasteiger partial charge in [-0.2, -0.15) is 0 Å². The van der Waals surface area contributed by atoms with Gasteiger partial charge in [0.1, 0.15) is 6.04 Å². The van der Waals surface area contributed by atoms with E-state index in [1.54, 1.807) is 35.2 Å². The van der Waals surface area contributed by atoms with Gasteiger partial charge in [0.15, 0.2) is 0 Å². The van der Waals surface area contributed by atoms with Gasteiger partial charge in [0.05, 0.1) is 4.90 Å². The van der Waals surface area contributed by atoms with Crippen molar-refractivity contribution in [1.82, 2.24) is 14.5 Å². The van der Waals surface area contributed by atoms with Crippen molar-refractivity contribution in [2.45, 2.75) is 70.0 Å². The molecule has 3 aromatic carbocycles. The van der Waals surface area contributed by atoms with Crippen molar-refractivity contribution in [3.63, 3.8) is 0 Å². The quantitative estimate of drug-likeness (QED) is 0.338. The van der Waals surface area contributed by atoms with Crippen molar-refractivity contribution in [1.29, 1.82) is 0 Å². The summed E-state index contributed by atoms with van der Waals surface area (Å²) in [5.41, 5.74) is 2.47. The summed E-state index contributed by atoms with van der Waals surface area (Å²) in [5.74, 6) is -0.418. The Morgan fingerprint density at radius 1 is 0.875 bits per heavy atom. The third kappa shape index (κ3) is 9.03. The number of hydrogen-bond donors (Lipinski definition) is 1. The molecule has 0 spiro atoms. The Balaban J connectivity index is 1.85. The lowest BCUT2D eigenvalue weighted by molar-refractivity contribution is -0.142. The second kappa shape index (κ2) is 13.7. The van der Waals surface area contributed by atoms with Crippen LogP contribution >= 0.6 is 0 Å². The van der Waals surface area contributed by atoms with Gasteiger partial charge in [-0.05, 0) is 57.4 Å². The van der Waals surface area contributed by atoms with Crippen LogP contribution in [0.2, 0.25) is 0 Å². The van der Waals surface area contributed by atoms with E-state index in [0.29, 0.717) is 12.8 Å². The lowest BCUT2D eigenvalue weighted by Gasteiger charge is -2.34. The van der Waals surface area contributed by atoms with E-state index < -0.39 is 21.6 Å². The predicted octanol–water partition coefficient (Wildman–Crippen LogP) is 4.95. The molecule has 0 aromatic heterocycles. The summed E-state index contributed by atoms with van der Waals surface area (Å²) in [6.07, 6.45) is 0.793. The molecule has 0 aliphatic rings. The third-order valence-corrected chi connectivity index (χ3v) is 8.39. The number of aryl methyl sites for hydroxylation is 1. The first kappa shape index (κ1) is 31.0. The van der Waals surface area contributed by atoms with Gasteiger partial charge in [0.2, 0.25) is 21.8 Å². The fourth-order valence-corrected chi connectivity index (χ4v) is 5.73. The normalized spacial score (nSPS) is 12.7. The number of rotatable bonds is 12. The fraction of sp³-hybridized carbons (Fsp3) is 0.375. The average molecular weight is 564 g/mol. The second-order valence-electron chi connectivity index (χ2n) is 11.2. The molecule has 0 fully saturated rings. The molecule has 0 aliphatic carbocycles. The van der Waals surface area contributed by atoms with Crippen molar-refractivity contribution < 1.29 is 18.0 Å². The molecule has 8 heteroatoms. The molecule has 0 bridgehead atoms. The highest BCUT2D eigenvalue weighted by Gasteiger charge is 2.32. The molecule has 0 heterocycles. The van der Waals surface area contributed by atoms with Gasteiger partial charge in [-0.15, -0.1) is 0 Å². The first-order valence-corrected chi connectivity index (χ1v) is 15.0. The minimum Gasteiger partial charge on any atom is -0.350 e. The van der Waals surface area contributed by atoms with E-state index >= 15 is 0 Å². The van der Waals surface area contributed by atoms with Crippen molar-refractivity contribution in [2.24, 2.45) is 0 Å². The fourth-order valence-electron chi connectivity index (χ4n) is 4.50. The van der Waals surface area contributed by atoms with Crippen LogP contribution in [0.15, 0.2) is 89.8 Å². The molecule has 214 valence electrons. The molecule has 7 nitrogen and oxygen atoms in total. The molecule has 0 saturated carbocycles. The Hall–Kier alpha value is -3.49. The largest absolute Gasteiger partial charge is 0.350 e. The van der Waals surface area contributed by atoms with Crippen LogP contribution in [0.3, 0.4) is 0 Å². The van der Waals surface area contributed by atoms with E-state index in [9.17, 15) is 18.0 Å². The Labute approximate surface area is 239 Å². The summed E-state index contributed by atoms with van der Waals surface area (Å²) in [6, 6.07) is 25.1. The highest BCUT2D eigenvalue weighted by molar-refractivity contribution is 7.89. The zero-order valence-corrected chi connectivity index (χ0v) is 24.9. The van der Waals surface area contributed by atoms with Gasteiger partial charge >= 0.3 is 0 Å². The minimum atomic E-state index is -3.66. The Morgan fingerprint density at radius 2 is 1.48 bits per heavy atom. The number of benzene rings is 3. The number of sulfonamides is 1. The van der Waals surface area contributed by atoms with Gasteiger partial charge in [-0.3, -0.25) is 9.59 Å². The first-order chi connectivity index (χ1) is 18.9. The van der Waals surface area contributed by atoms with Gasteiger partial charge in [0.25, 0.3) is 0 Å². The number of carbonyl (C=O) groups is 2. The van der Waals surface area contributed by atoms with Gasteiger partial charge in [-0.1, -0.05) is 78.4 Å². The zero-order chi connectivity index (χ0) is 29.3. The molecule has 0 aliphatic heterocycles. The summed E-state index contributed by atoms with van der Waals surface area (Å²) in [7, 11) is -2.14. The van der Waals surface area contributed by atoms with Crippen LogP contribution in [0.25, 0.3) is 0 Å². The van der Waals surface area contributed by atoms with Crippen LogP contribution in [-0.4, -0.2) is 54.6 Å². The number of carbonyl (C=O) groups excluding carboxylic acids is 2. The average Bonchev–Trinajstić information content (AvgIpc) is 2.90. The van der Waals surface area contributed by atoms with E-state index in [2.05, 4.69) is 5.32 Å². The Kier molecular flexibility index (Phi) is 10.7. The SMILES string of the molecule is Cc1cccc(CN(C(=O)CCCN(C)S(=O)(=O)c2ccccc2)C(Cc2ccccc2)C(=O)NC(C)(C)C)c1. The first-order valence-electron chi connectivity index (χ1n) is 13.6. The van der Waals surface area contributed by atoms with Crippen LogP contribution in [0.1, 0.15) is 50.3 Å². The summed E-state index contributed by atoms with van der Waals surface area (Å²) in [6.45, 7) is 8.19. The monoisotopic (exact) mass is 563 g/mol. The molecule has 40 heavy (non-hydrogen) atoms. The number of amides is 2. The molecule has 0 radical (unpaired) electrons.